The lowest BCUT2D eigenvalue weighted by Gasteiger charge is -2.15. The zero-order valence-corrected chi connectivity index (χ0v) is 11.2. The van der Waals surface area contributed by atoms with E-state index in [1.54, 1.807) is 0 Å². The Balaban J connectivity index is 2.35. The van der Waals surface area contributed by atoms with E-state index in [-0.39, 0.29) is 5.78 Å². The fraction of sp³-hybridized carbons (Fsp3) is 0.133. The van der Waals surface area contributed by atoms with Gasteiger partial charge in [0.1, 0.15) is 0 Å². The first-order valence-corrected chi connectivity index (χ1v) is 6.79. The zero-order valence-electron chi connectivity index (χ0n) is 9.61. The highest BCUT2D eigenvalue weighted by molar-refractivity contribution is 9.10. The Bertz CT molecular complexity index is 816. The Morgan fingerprint density at radius 1 is 1.11 bits per heavy atom. The summed E-state index contributed by atoms with van der Waals surface area (Å²) in [6.45, 7) is 0.789. The molecule has 1 aliphatic heterocycles. The number of carbonyl (C=O) groups is 1. The first kappa shape index (κ1) is 10.3. The number of benzene rings is 2. The fourth-order valence-corrected chi connectivity index (χ4v) is 3.40. The van der Waals surface area contributed by atoms with Crippen molar-refractivity contribution in [3.8, 4) is 0 Å². The summed E-state index contributed by atoms with van der Waals surface area (Å²) in [5.41, 5.74) is 3.16. The van der Waals surface area contributed by atoms with Gasteiger partial charge in [-0.1, -0.05) is 34.1 Å². The van der Waals surface area contributed by atoms with Gasteiger partial charge in [0.05, 0.1) is 5.52 Å². The summed E-state index contributed by atoms with van der Waals surface area (Å²) in [5.74, 6) is 0.247. The van der Waals surface area contributed by atoms with Crippen molar-refractivity contribution in [1.29, 1.82) is 0 Å². The SMILES string of the molecule is O=C1CCn2c3ccccc3c3cc(Br)cc1c32. The van der Waals surface area contributed by atoms with Crippen molar-refractivity contribution in [1.82, 2.24) is 4.57 Å². The molecule has 2 aromatic carbocycles. The minimum atomic E-state index is 0.247. The van der Waals surface area contributed by atoms with Crippen LogP contribution in [-0.4, -0.2) is 10.4 Å². The molecule has 88 valence electrons. The number of aromatic nitrogens is 1. The van der Waals surface area contributed by atoms with Crippen LogP contribution in [0.25, 0.3) is 21.8 Å². The summed E-state index contributed by atoms with van der Waals surface area (Å²) in [6, 6.07) is 12.4. The van der Waals surface area contributed by atoms with E-state index in [1.807, 2.05) is 12.1 Å². The lowest BCUT2D eigenvalue weighted by Crippen LogP contribution is -2.13. The maximum absolute atomic E-state index is 12.1. The average molecular weight is 300 g/mol. The van der Waals surface area contributed by atoms with Gasteiger partial charge in [0, 0.05) is 39.3 Å². The summed E-state index contributed by atoms with van der Waals surface area (Å²) in [4.78, 5) is 12.1. The van der Waals surface area contributed by atoms with Gasteiger partial charge in [-0.15, -0.1) is 0 Å². The molecule has 0 bridgehead atoms. The maximum atomic E-state index is 12.1. The molecule has 3 heteroatoms. The molecule has 1 aliphatic rings. The number of fused-ring (bicyclic) bond motifs is 3. The Labute approximate surface area is 112 Å². The first-order valence-electron chi connectivity index (χ1n) is 5.99. The summed E-state index contributed by atoms with van der Waals surface area (Å²) < 4.78 is 3.25. The van der Waals surface area contributed by atoms with Crippen molar-refractivity contribution in [3.05, 3.63) is 46.4 Å². The molecule has 0 amide bonds. The molecule has 4 rings (SSSR count). The van der Waals surface area contributed by atoms with Crippen LogP contribution in [0.1, 0.15) is 16.8 Å². The second-order valence-electron chi connectivity index (χ2n) is 4.69. The number of aryl methyl sites for hydroxylation is 1. The van der Waals surface area contributed by atoms with E-state index in [4.69, 9.17) is 0 Å². The number of hydrogen-bond acceptors (Lipinski definition) is 1. The Morgan fingerprint density at radius 2 is 1.94 bits per heavy atom. The maximum Gasteiger partial charge on any atom is 0.166 e. The molecule has 0 saturated heterocycles. The third-order valence-electron chi connectivity index (χ3n) is 3.69. The molecule has 2 heterocycles. The van der Waals surface area contributed by atoms with Crippen LogP contribution in [0.2, 0.25) is 0 Å². The van der Waals surface area contributed by atoms with E-state index >= 15 is 0 Å². The lowest BCUT2D eigenvalue weighted by molar-refractivity contribution is 0.0974. The van der Waals surface area contributed by atoms with Crippen LogP contribution in [-0.2, 0) is 6.54 Å². The quantitative estimate of drug-likeness (QED) is 0.611. The molecule has 0 unspecified atom stereocenters. The van der Waals surface area contributed by atoms with E-state index in [9.17, 15) is 4.79 Å². The number of carbonyl (C=O) groups excluding carboxylic acids is 1. The smallest absolute Gasteiger partial charge is 0.166 e. The molecule has 0 N–H and O–H groups in total. The minimum Gasteiger partial charge on any atom is -0.339 e. The van der Waals surface area contributed by atoms with Gasteiger partial charge < -0.3 is 4.57 Å². The summed E-state index contributed by atoms with van der Waals surface area (Å²) >= 11 is 3.51. The Hall–Kier alpha value is -1.61. The molecule has 2 nitrogen and oxygen atoms in total. The molecule has 18 heavy (non-hydrogen) atoms. The largest absolute Gasteiger partial charge is 0.339 e. The van der Waals surface area contributed by atoms with Gasteiger partial charge in [-0.25, -0.2) is 0 Å². The second-order valence-corrected chi connectivity index (χ2v) is 5.61. The molecule has 0 fully saturated rings. The standard InChI is InChI=1S/C15H10BrNO/c16-9-7-11-10-3-1-2-4-13(10)17-6-5-14(18)12(8-9)15(11)17/h1-4,7-8H,5-6H2. The number of nitrogens with zero attached hydrogens (tertiary/aromatic N) is 1. The predicted molar refractivity (Wildman–Crippen MR) is 76.1 cm³/mol. The van der Waals surface area contributed by atoms with Crippen molar-refractivity contribution >= 4 is 43.5 Å². The number of Topliss-reactive ketones (excluding diaryl/α,β-unsaturated/α-hetero) is 1. The topological polar surface area (TPSA) is 22.0 Å². The van der Waals surface area contributed by atoms with Crippen LogP contribution >= 0.6 is 15.9 Å². The second kappa shape index (κ2) is 3.45. The molecule has 0 aliphatic carbocycles. The van der Waals surface area contributed by atoms with Crippen LogP contribution < -0.4 is 0 Å². The summed E-state index contributed by atoms with van der Waals surface area (Å²) in [7, 11) is 0. The monoisotopic (exact) mass is 299 g/mol. The van der Waals surface area contributed by atoms with E-state index in [0.29, 0.717) is 6.42 Å². The zero-order chi connectivity index (χ0) is 12.3. The van der Waals surface area contributed by atoms with E-state index in [1.165, 1.54) is 16.3 Å². The highest BCUT2D eigenvalue weighted by Gasteiger charge is 2.22. The number of rotatable bonds is 0. The van der Waals surface area contributed by atoms with Crippen LogP contribution in [0, 0.1) is 0 Å². The van der Waals surface area contributed by atoms with Gasteiger partial charge in [-0.05, 0) is 18.2 Å². The third-order valence-corrected chi connectivity index (χ3v) is 4.15. The predicted octanol–water partition coefficient (Wildman–Crippen LogP) is 4.14. The normalized spacial score (nSPS) is 14.6. The van der Waals surface area contributed by atoms with Crippen LogP contribution in [0.3, 0.4) is 0 Å². The van der Waals surface area contributed by atoms with Crippen molar-refractivity contribution in [2.75, 3.05) is 0 Å². The highest BCUT2D eigenvalue weighted by Crippen LogP contribution is 2.36. The number of hydrogen-bond donors (Lipinski definition) is 0. The molecule has 0 spiro atoms. The van der Waals surface area contributed by atoms with Crippen LogP contribution in [0.5, 0.6) is 0 Å². The van der Waals surface area contributed by atoms with Crippen LogP contribution in [0.4, 0.5) is 0 Å². The minimum absolute atomic E-state index is 0.247. The molecular formula is C15H10BrNO. The van der Waals surface area contributed by atoms with Crippen LogP contribution in [0.15, 0.2) is 40.9 Å². The molecule has 0 saturated carbocycles. The first-order chi connectivity index (χ1) is 8.75. The number of halogens is 1. The van der Waals surface area contributed by atoms with Gasteiger partial charge in [0.15, 0.2) is 5.78 Å². The summed E-state index contributed by atoms with van der Waals surface area (Å²) in [6.07, 6.45) is 0.594. The van der Waals surface area contributed by atoms with Gasteiger partial charge in [-0.3, -0.25) is 4.79 Å². The third kappa shape index (κ3) is 1.20. The fourth-order valence-electron chi connectivity index (χ4n) is 2.95. The highest BCUT2D eigenvalue weighted by atomic mass is 79.9. The lowest BCUT2D eigenvalue weighted by atomic mass is 10.0. The molecular weight excluding hydrogens is 290 g/mol. The molecule has 0 radical (unpaired) electrons. The van der Waals surface area contributed by atoms with Crippen molar-refractivity contribution in [2.45, 2.75) is 13.0 Å². The van der Waals surface area contributed by atoms with E-state index in [2.05, 4.69) is 44.8 Å². The number of ketones is 1. The van der Waals surface area contributed by atoms with E-state index < -0.39 is 0 Å². The molecule has 3 aromatic rings. The van der Waals surface area contributed by atoms with Crippen molar-refractivity contribution in [2.24, 2.45) is 0 Å². The van der Waals surface area contributed by atoms with Gasteiger partial charge in [0.2, 0.25) is 0 Å². The Kier molecular flexibility index (Phi) is 1.98. The van der Waals surface area contributed by atoms with Crippen molar-refractivity contribution < 1.29 is 4.79 Å². The molecule has 1 aromatic heterocycles. The molecule has 0 atom stereocenters. The summed E-state index contributed by atoms with van der Waals surface area (Å²) in [5, 5.41) is 2.40. The average Bonchev–Trinajstić information content (AvgIpc) is 2.69. The van der Waals surface area contributed by atoms with Gasteiger partial charge in [-0.2, -0.15) is 0 Å². The Morgan fingerprint density at radius 3 is 2.83 bits per heavy atom. The number of para-hydroxylation sites is 1. The van der Waals surface area contributed by atoms with Gasteiger partial charge in [0.25, 0.3) is 0 Å². The van der Waals surface area contributed by atoms with Gasteiger partial charge >= 0.3 is 0 Å². The van der Waals surface area contributed by atoms with Crippen molar-refractivity contribution in [3.63, 3.8) is 0 Å². The van der Waals surface area contributed by atoms with E-state index in [0.717, 1.165) is 22.1 Å².